The molecule has 0 aliphatic carbocycles. The van der Waals surface area contributed by atoms with Crippen LogP contribution in [0.1, 0.15) is 11.1 Å². The van der Waals surface area contributed by atoms with Crippen molar-refractivity contribution in [2.24, 2.45) is 10.2 Å². The number of phenolic OH excluding ortho intramolecular Hbond substituents is 1. The Balaban J connectivity index is 2.45. The molecule has 20 heavy (non-hydrogen) atoms. The molecule has 2 aromatic carbocycles. The molecule has 2 rings (SSSR count). The van der Waals surface area contributed by atoms with Crippen LogP contribution in [0.25, 0.3) is 0 Å². The van der Waals surface area contributed by atoms with Gasteiger partial charge in [-0.1, -0.05) is 34.8 Å². The lowest BCUT2D eigenvalue weighted by Gasteiger charge is -2.05. The minimum atomic E-state index is 0.196. The minimum Gasteiger partial charge on any atom is -0.508 e. The molecule has 0 heterocycles. The standard InChI is InChI=1S/C14H11Cl3N2O/c1-7-3-10(20)4-8(2)13(7)18-19-14-11(16)5-9(15)6-12(14)17/h3-6,20H,1-2H3. The van der Waals surface area contributed by atoms with Gasteiger partial charge in [0.15, 0.2) is 0 Å². The Hall–Kier alpha value is -1.29. The molecule has 0 saturated heterocycles. The summed E-state index contributed by atoms with van der Waals surface area (Å²) in [6, 6.07) is 6.35. The van der Waals surface area contributed by atoms with Gasteiger partial charge in [0, 0.05) is 5.02 Å². The van der Waals surface area contributed by atoms with Crippen LogP contribution in [0.5, 0.6) is 5.75 Å². The summed E-state index contributed by atoms with van der Waals surface area (Å²) >= 11 is 17.9. The molecule has 0 radical (unpaired) electrons. The molecule has 0 aromatic heterocycles. The quantitative estimate of drug-likeness (QED) is 0.638. The molecule has 0 fully saturated rings. The molecule has 0 amide bonds. The zero-order valence-corrected chi connectivity index (χ0v) is 13.1. The van der Waals surface area contributed by atoms with E-state index in [-0.39, 0.29) is 5.75 Å². The van der Waals surface area contributed by atoms with Gasteiger partial charge >= 0.3 is 0 Å². The van der Waals surface area contributed by atoms with E-state index >= 15 is 0 Å². The highest BCUT2D eigenvalue weighted by molar-refractivity contribution is 6.41. The summed E-state index contributed by atoms with van der Waals surface area (Å²) in [4.78, 5) is 0. The summed E-state index contributed by atoms with van der Waals surface area (Å²) in [5.74, 6) is 0.196. The maximum Gasteiger partial charge on any atom is 0.123 e. The van der Waals surface area contributed by atoms with Crippen LogP contribution < -0.4 is 0 Å². The lowest BCUT2D eigenvalue weighted by Crippen LogP contribution is -1.80. The van der Waals surface area contributed by atoms with Crippen LogP contribution in [-0.2, 0) is 0 Å². The normalized spacial score (nSPS) is 11.2. The lowest BCUT2D eigenvalue weighted by atomic mass is 10.1. The first-order valence-electron chi connectivity index (χ1n) is 5.75. The second kappa shape index (κ2) is 6.00. The highest BCUT2D eigenvalue weighted by atomic mass is 35.5. The van der Waals surface area contributed by atoms with Crippen molar-refractivity contribution in [3.8, 4) is 5.75 Å². The van der Waals surface area contributed by atoms with Crippen LogP contribution in [0.15, 0.2) is 34.5 Å². The molecule has 0 aliphatic rings. The van der Waals surface area contributed by atoms with Crippen molar-refractivity contribution in [1.82, 2.24) is 0 Å². The highest BCUT2D eigenvalue weighted by Gasteiger charge is 2.08. The fourth-order valence-corrected chi connectivity index (χ4v) is 2.71. The molecular weight excluding hydrogens is 319 g/mol. The number of benzene rings is 2. The number of nitrogens with zero attached hydrogens (tertiary/aromatic N) is 2. The van der Waals surface area contributed by atoms with Crippen molar-refractivity contribution in [1.29, 1.82) is 0 Å². The van der Waals surface area contributed by atoms with Gasteiger partial charge in [-0.2, -0.15) is 0 Å². The zero-order chi connectivity index (χ0) is 14.9. The third kappa shape index (κ3) is 3.23. The maximum absolute atomic E-state index is 9.49. The van der Waals surface area contributed by atoms with Crippen LogP contribution in [0, 0.1) is 13.8 Å². The van der Waals surface area contributed by atoms with E-state index < -0.39 is 0 Å². The second-order valence-electron chi connectivity index (χ2n) is 4.35. The molecule has 0 aliphatic heterocycles. The Bertz CT molecular complexity index is 593. The van der Waals surface area contributed by atoms with Crippen LogP contribution in [0.3, 0.4) is 0 Å². The fourth-order valence-electron chi connectivity index (χ4n) is 1.82. The molecule has 0 bridgehead atoms. The number of hydrogen-bond donors (Lipinski definition) is 1. The molecule has 2 aromatic rings. The smallest absolute Gasteiger partial charge is 0.123 e. The Kier molecular flexibility index (Phi) is 4.53. The largest absolute Gasteiger partial charge is 0.508 e. The van der Waals surface area contributed by atoms with Gasteiger partial charge in [0.25, 0.3) is 0 Å². The van der Waals surface area contributed by atoms with Gasteiger partial charge in [-0.3, -0.25) is 0 Å². The Labute approximate surface area is 131 Å². The van der Waals surface area contributed by atoms with Crippen molar-refractivity contribution < 1.29 is 5.11 Å². The number of phenols is 1. The Morgan fingerprint density at radius 3 is 1.75 bits per heavy atom. The van der Waals surface area contributed by atoms with Crippen LogP contribution >= 0.6 is 34.8 Å². The molecule has 0 atom stereocenters. The number of halogens is 3. The predicted molar refractivity (Wildman–Crippen MR) is 83.2 cm³/mol. The second-order valence-corrected chi connectivity index (χ2v) is 5.60. The average Bonchev–Trinajstić information content (AvgIpc) is 2.30. The number of azo groups is 1. The molecule has 0 spiro atoms. The number of hydrogen-bond acceptors (Lipinski definition) is 3. The van der Waals surface area contributed by atoms with Crippen molar-refractivity contribution in [3.05, 3.63) is 50.5 Å². The average molecular weight is 330 g/mol. The van der Waals surface area contributed by atoms with Gasteiger partial charge in [-0.15, -0.1) is 10.2 Å². The summed E-state index contributed by atoms with van der Waals surface area (Å²) in [6.45, 7) is 3.68. The van der Waals surface area contributed by atoms with Gasteiger partial charge in [0.05, 0.1) is 15.7 Å². The Morgan fingerprint density at radius 2 is 1.25 bits per heavy atom. The number of aryl methyl sites for hydroxylation is 2. The van der Waals surface area contributed by atoms with Crippen molar-refractivity contribution in [2.75, 3.05) is 0 Å². The molecule has 3 nitrogen and oxygen atoms in total. The van der Waals surface area contributed by atoms with Crippen LogP contribution in [0.2, 0.25) is 15.1 Å². The summed E-state index contributed by atoms with van der Waals surface area (Å²) in [6.07, 6.45) is 0. The van der Waals surface area contributed by atoms with Gasteiger partial charge in [0.1, 0.15) is 11.4 Å². The third-order valence-corrected chi connectivity index (χ3v) is 3.50. The van der Waals surface area contributed by atoms with Crippen molar-refractivity contribution >= 4 is 46.2 Å². The molecular formula is C14H11Cl3N2O. The van der Waals surface area contributed by atoms with Gasteiger partial charge in [-0.25, -0.2) is 0 Å². The molecule has 1 N–H and O–H groups in total. The first-order chi connectivity index (χ1) is 9.38. The molecule has 0 unspecified atom stereocenters. The van der Waals surface area contributed by atoms with Crippen molar-refractivity contribution in [3.63, 3.8) is 0 Å². The first kappa shape index (κ1) is 15.1. The van der Waals surface area contributed by atoms with Crippen LogP contribution in [-0.4, -0.2) is 5.11 Å². The van der Waals surface area contributed by atoms with Gasteiger partial charge < -0.3 is 5.11 Å². The van der Waals surface area contributed by atoms with Crippen molar-refractivity contribution in [2.45, 2.75) is 13.8 Å². The summed E-state index contributed by atoms with van der Waals surface area (Å²) < 4.78 is 0. The number of aromatic hydroxyl groups is 1. The highest BCUT2D eigenvalue weighted by Crippen LogP contribution is 2.38. The first-order valence-corrected chi connectivity index (χ1v) is 6.88. The van der Waals surface area contributed by atoms with E-state index in [2.05, 4.69) is 10.2 Å². The van der Waals surface area contributed by atoms with E-state index in [0.717, 1.165) is 11.1 Å². The predicted octanol–water partition coefficient (Wildman–Crippen LogP) is 6.38. The fraction of sp³-hybridized carbons (Fsp3) is 0.143. The monoisotopic (exact) mass is 328 g/mol. The summed E-state index contributed by atoms with van der Waals surface area (Å²) in [7, 11) is 0. The molecule has 6 heteroatoms. The van der Waals surface area contributed by atoms with E-state index in [1.54, 1.807) is 24.3 Å². The van der Waals surface area contributed by atoms with E-state index in [9.17, 15) is 5.11 Å². The number of rotatable bonds is 2. The Morgan fingerprint density at radius 1 is 0.800 bits per heavy atom. The van der Waals surface area contributed by atoms with Crippen LogP contribution in [0.4, 0.5) is 11.4 Å². The van der Waals surface area contributed by atoms with Gasteiger partial charge in [0.2, 0.25) is 0 Å². The molecule has 0 saturated carbocycles. The van der Waals surface area contributed by atoms with E-state index in [1.165, 1.54) is 0 Å². The minimum absolute atomic E-state index is 0.196. The molecule has 104 valence electrons. The van der Waals surface area contributed by atoms with E-state index in [0.29, 0.717) is 26.4 Å². The lowest BCUT2D eigenvalue weighted by molar-refractivity contribution is 0.474. The topological polar surface area (TPSA) is 45.0 Å². The summed E-state index contributed by atoms with van der Waals surface area (Å²) in [5, 5.41) is 18.9. The SMILES string of the molecule is Cc1cc(O)cc(C)c1N=Nc1c(Cl)cc(Cl)cc1Cl. The third-order valence-electron chi connectivity index (χ3n) is 2.71. The summed E-state index contributed by atoms with van der Waals surface area (Å²) in [5.41, 5.74) is 2.66. The van der Waals surface area contributed by atoms with E-state index in [4.69, 9.17) is 34.8 Å². The zero-order valence-electron chi connectivity index (χ0n) is 10.8. The maximum atomic E-state index is 9.49. The van der Waals surface area contributed by atoms with Gasteiger partial charge in [-0.05, 0) is 49.2 Å². The van der Waals surface area contributed by atoms with E-state index in [1.807, 2.05) is 13.8 Å².